The molecule has 23 heavy (non-hydrogen) atoms. The van der Waals surface area contributed by atoms with Gasteiger partial charge in [0, 0.05) is 18.7 Å². The summed E-state index contributed by atoms with van der Waals surface area (Å²) in [6.45, 7) is 5.21. The predicted octanol–water partition coefficient (Wildman–Crippen LogP) is 2.52. The summed E-state index contributed by atoms with van der Waals surface area (Å²) in [5.74, 6) is 1.18. The van der Waals surface area contributed by atoms with E-state index in [1.54, 1.807) is 25.3 Å². The molecule has 0 radical (unpaired) electrons. The normalized spacial score (nSPS) is 14.1. The van der Waals surface area contributed by atoms with E-state index in [0.29, 0.717) is 30.2 Å². The standard InChI is InChI=1S/C18H26N2O3/c1-3-4-11-23-16-6-5-15(12-17(16)22-2)18(21)20-13-14-7-9-19-10-8-14/h5-7,12,19H,3-4,8-11,13H2,1-2H3,(H,20,21). The lowest BCUT2D eigenvalue weighted by Gasteiger charge is -2.15. The zero-order chi connectivity index (χ0) is 16.5. The molecule has 5 heteroatoms. The van der Waals surface area contributed by atoms with E-state index in [-0.39, 0.29) is 5.91 Å². The summed E-state index contributed by atoms with van der Waals surface area (Å²) < 4.78 is 11.0. The Morgan fingerprint density at radius 1 is 1.35 bits per heavy atom. The Hall–Kier alpha value is -2.01. The Morgan fingerprint density at radius 3 is 2.91 bits per heavy atom. The van der Waals surface area contributed by atoms with Crippen molar-refractivity contribution in [3.63, 3.8) is 0 Å². The van der Waals surface area contributed by atoms with Crippen molar-refractivity contribution in [2.75, 3.05) is 33.4 Å². The average molecular weight is 318 g/mol. The summed E-state index contributed by atoms with van der Waals surface area (Å²) in [6, 6.07) is 5.30. The van der Waals surface area contributed by atoms with Crippen molar-refractivity contribution in [3.8, 4) is 11.5 Å². The van der Waals surface area contributed by atoms with Crippen molar-refractivity contribution in [1.82, 2.24) is 10.6 Å². The molecule has 0 atom stereocenters. The summed E-state index contributed by atoms with van der Waals surface area (Å²) in [5, 5.41) is 6.22. The van der Waals surface area contributed by atoms with Crippen LogP contribution in [0.3, 0.4) is 0 Å². The minimum absolute atomic E-state index is 0.0946. The number of methoxy groups -OCH3 is 1. The monoisotopic (exact) mass is 318 g/mol. The van der Waals surface area contributed by atoms with E-state index in [9.17, 15) is 4.79 Å². The molecular formula is C18H26N2O3. The number of hydrogen-bond donors (Lipinski definition) is 2. The Bertz CT molecular complexity index is 555. The quantitative estimate of drug-likeness (QED) is 0.571. The summed E-state index contributed by atoms with van der Waals surface area (Å²) in [4.78, 5) is 12.3. The molecule has 0 saturated heterocycles. The maximum atomic E-state index is 12.3. The molecule has 1 aliphatic heterocycles. The van der Waals surface area contributed by atoms with E-state index < -0.39 is 0 Å². The van der Waals surface area contributed by atoms with Gasteiger partial charge in [-0.05, 0) is 37.6 Å². The molecule has 2 N–H and O–H groups in total. The second-order valence-corrected chi connectivity index (χ2v) is 5.57. The van der Waals surface area contributed by atoms with Crippen LogP contribution < -0.4 is 20.1 Å². The van der Waals surface area contributed by atoms with Crippen molar-refractivity contribution in [2.45, 2.75) is 26.2 Å². The highest BCUT2D eigenvalue weighted by molar-refractivity contribution is 5.95. The Morgan fingerprint density at radius 2 is 2.22 bits per heavy atom. The van der Waals surface area contributed by atoms with E-state index in [4.69, 9.17) is 9.47 Å². The fourth-order valence-corrected chi connectivity index (χ4v) is 2.38. The fourth-order valence-electron chi connectivity index (χ4n) is 2.38. The second kappa shape index (κ2) is 9.20. The Kier molecular flexibility index (Phi) is 6.94. The lowest BCUT2D eigenvalue weighted by Crippen LogP contribution is -2.29. The SMILES string of the molecule is CCCCOc1ccc(C(=O)NCC2=CCNCC2)cc1OC. The first kappa shape index (κ1) is 17.3. The summed E-state index contributed by atoms with van der Waals surface area (Å²) in [7, 11) is 1.59. The van der Waals surface area contributed by atoms with Crippen LogP contribution in [0.15, 0.2) is 29.8 Å². The van der Waals surface area contributed by atoms with E-state index >= 15 is 0 Å². The minimum Gasteiger partial charge on any atom is -0.493 e. The highest BCUT2D eigenvalue weighted by Gasteiger charge is 2.12. The van der Waals surface area contributed by atoms with Crippen LogP contribution in [-0.2, 0) is 0 Å². The van der Waals surface area contributed by atoms with Crippen molar-refractivity contribution < 1.29 is 14.3 Å². The van der Waals surface area contributed by atoms with Gasteiger partial charge in [-0.25, -0.2) is 0 Å². The first-order valence-corrected chi connectivity index (χ1v) is 8.22. The number of hydrogen-bond acceptors (Lipinski definition) is 4. The van der Waals surface area contributed by atoms with Crippen LogP contribution in [0.1, 0.15) is 36.5 Å². The van der Waals surface area contributed by atoms with Gasteiger partial charge in [0.2, 0.25) is 0 Å². The molecule has 1 aromatic rings. The molecule has 0 aliphatic carbocycles. The largest absolute Gasteiger partial charge is 0.493 e. The zero-order valence-corrected chi connectivity index (χ0v) is 14.0. The highest BCUT2D eigenvalue weighted by Crippen LogP contribution is 2.28. The van der Waals surface area contributed by atoms with Gasteiger partial charge < -0.3 is 20.1 Å². The smallest absolute Gasteiger partial charge is 0.251 e. The third kappa shape index (κ3) is 5.28. The molecule has 1 amide bonds. The van der Waals surface area contributed by atoms with E-state index in [2.05, 4.69) is 23.6 Å². The molecule has 1 heterocycles. The number of nitrogens with one attached hydrogen (secondary N) is 2. The van der Waals surface area contributed by atoms with Crippen LogP contribution in [0.2, 0.25) is 0 Å². The van der Waals surface area contributed by atoms with Gasteiger partial charge in [-0.2, -0.15) is 0 Å². The molecule has 1 aromatic carbocycles. The van der Waals surface area contributed by atoms with Crippen LogP contribution in [0.5, 0.6) is 11.5 Å². The van der Waals surface area contributed by atoms with Crippen molar-refractivity contribution in [2.24, 2.45) is 0 Å². The number of carbonyl (C=O) groups is 1. The lowest BCUT2D eigenvalue weighted by atomic mass is 10.1. The van der Waals surface area contributed by atoms with Gasteiger partial charge in [0.25, 0.3) is 5.91 Å². The second-order valence-electron chi connectivity index (χ2n) is 5.57. The van der Waals surface area contributed by atoms with Gasteiger partial charge in [0.15, 0.2) is 11.5 Å². The maximum Gasteiger partial charge on any atom is 0.251 e. The van der Waals surface area contributed by atoms with Crippen LogP contribution in [0.25, 0.3) is 0 Å². The topological polar surface area (TPSA) is 59.6 Å². The van der Waals surface area contributed by atoms with E-state index in [1.165, 1.54) is 5.57 Å². The number of unbranched alkanes of at least 4 members (excludes halogenated alkanes) is 1. The molecule has 0 spiro atoms. The number of ether oxygens (including phenoxy) is 2. The maximum absolute atomic E-state index is 12.3. The first-order valence-electron chi connectivity index (χ1n) is 8.22. The van der Waals surface area contributed by atoms with E-state index in [0.717, 1.165) is 32.4 Å². The molecule has 5 nitrogen and oxygen atoms in total. The fraction of sp³-hybridized carbons (Fsp3) is 0.500. The van der Waals surface area contributed by atoms with Crippen LogP contribution in [0, 0.1) is 0 Å². The molecule has 0 unspecified atom stereocenters. The van der Waals surface area contributed by atoms with Gasteiger partial charge in [-0.3, -0.25) is 4.79 Å². The lowest BCUT2D eigenvalue weighted by molar-refractivity contribution is 0.0956. The first-order chi connectivity index (χ1) is 11.2. The zero-order valence-electron chi connectivity index (χ0n) is 14.0. The molecule has 0 saturated carbocycles. The average Bonchev–Trinajstić information content (AvgIpc) is 2.61. The summed E-state index contributed by atoms with van der Waals surface area (Å²) in [5.41, 5.74) is 1.85. The van der Waals surface area contributed by atoms with Crippen molar-refractivity contribution in [3.05, 3.63) is 35.4 Å². The minimum atomic E-state index is -0.0946. The van der Waals surface area contributed by atoms with Gasteiger partial charge in [0.05, 0.1) is 13.7 Å². The van der Waals surface area contributed by atoms with Crippen LogP contribution >= 0.6 is 0 Å². The molecule has 1 aliphatic rings. The van der Waals surface area contributed by atoms with Crippen molar-refractivity contribution >= 4 is 5.91 Å². The third-order valence-electron chi connectivity index (χ3n) is 3.82. The van der Waals surface area contributed by atoms with Crippen LogP contribution in [-0.4, -0.2) is 39.3 Å². The predicted molar refractivity (Wildman–Crippen MR) is 91.3 cm³/mol. The molecular weight excluding hydrogens is 292 g/mol. The van der Waals surface area contributed by atoms with Gasteiger partial charge in [-0.1, -0.05) is 25.0 Å². The van der Waals surface area contributed by atoms with Gasteiger partial charge in [0.1, 0.15) is 0 Å². The summed E-state index contributed by atoms with van der Waals surface area (Å²) >= 11 is 0. The molecule has 0 aromatic heterocycles. The van der Waals surface area contributed by atoms with E-state index in [1.807, 2.05) is 0 Å². The molecule has 126 valence electrons. The molecule has 0 bridgehead atoms. The molecule has 2 rings (SSSR count). The summed E-state index contributed by atoms with van der Waals surface area (Å²) in [6.07, 6.45) is 5.19. The van der Waals surface area contributed by atoms with Gasteiger partial charge in [-0.15, -0.1) is 0 Å². The van der Waals surface area contributed by atoms with Crippen molar-refractivity contribution in [1.29, 1.82) is 0 Å². The molecule has 0 fully saturated rings. The van der Waals surface area contributed by atoms with Gasteiger partial charge >= 0.3 is 0 Å². The Labute approximate surface area is 138 Å². The number of carbonyl (C=O) groups excluding carboxylic acids is 1. The number of benzene rings is 1. The number of amides is 1. The third-order valence-corrected chi connectivity index (χ3v) is 3.82. The highest BCUT2D eigenvalue weighted by atomic mass is 16.5. The number of rotatable bonds is 8. The Balaban J connectivity index is 1.95. The van der Waals surface area contributed by atoms with Crippen LogP contribution in [0.4, 0.5) is 0 Å².